The van der Waals surface area contributed by atoms with Crippen molar-refractivity contribution < 1.29 is 9.90 Å². The van der Waals surface area contributed by atoms with Gasteiger partial charge < -0.3 is 5.11 Å². The lowest BCUT2D eigenvalue weighted by Crippen LogP contribution is -1.99. The number of carbonyl (C=O) groups is 1. The van der Waals surface area contributed by atoms with Gasteiger partial charge in [0.05, 0.1) is 6.42 Å². The molecule has 12 heavy (non-hydrogen) atoms. The highest BCUT2D eigenvalue weighted by atomic mass is 35.5. The van der Waals surface area contributed by atoms with Gasteiger partial charge in [-0.3, -0.25) is 4.79 Å². The molecule has 1 heterocycles. The van der Waals surface area contributed by atoms with Gasteiger partial charge in [0.15, 0.2) is 0 Å². The van der Waals surface area contributed by atoms with Crippen LogP contribution in [0.25, 0.3) is 0 Å². The van der Waals surface area contributed by atoms with Gasteiger partial charge in [-0.1, -0.05) is 0 Å². The first-order valence-electron chi connectivity index (χ1n) is 3.37. The maximum absolute atomic E-state index is 10.2. The Labute approximate surface area is 74.2 Å². The largest absolute Gasteiger partial charge is 0.481 e. The summed E-state index contributed by atoms with van der Waals surface area (Å²) in [6, 6.07) is 1.65. The number of halogens is 1. The third-order valence-electron chi connectivity index (χ3n) is 1.28. The molecule has 4 nitrogen and oxygen atoms in total. The molecule has 1 rings (SSSR count). The minimum atomic E-state index is -0.843. The molecule has 0 radical (unpaired) electrons. The lowest BCUT2D eigenvalue weighted by molar-refractivity contribution is -0.136. The van der Waals surface area contributed by atoms with E-state index in [4.69, 9.17) is 16.7 Å². The van der Waals surface area contributed by atoms with Gasteiger partial charge >= 0.3 is 5.97 Å². The van der Waals surface area contributed by atoms with Crippen LogP contribution in [-0.4, -0.2) is 21.0 Å². The second-order valence-electron chi connectivity index (χ2n) is 2.21. The Morgan fingerprint density at radius 2 is 2.42 bits per heavy atom. The Bertz CT molecular complexity index is 290. The minimum absolute atomic E-state index is 0.0628. The molecule has 0 saturated carbocycles. The van der Waals surface area contributed by atoms with Crippen molar-refractivity contribution in [3.05, 3.63) is 23.2 Å². The number of nitrogens with zero attached hydrogens (tertiary/aromatic N) is 2. The van der Waals surface area contributed by atoms with Crippen LogP contribution in [-0.2, 0) is 11.2 Å². The quantitative estimate of drug-likeness (QED) is 0.720. The van der Waals surface area contributed by atoms with Gasteiger partial charge in [-0.25, -0.2) is 9.97 Å². The first kappa shape index (κ1) is 8.93. The van der Waals surface area contributed by atoms with Crippen molar-refractivity contribution in [2.45, 2.75) is 12.8 Å². The lowest BCUT2D eigenvalue weighted by atomic mass is 10.2. The zero-order chi connectivity index (χ0) is 8.97. The minimum Gasteiger partial charge on any atom is -0.481 e. The fourth-order valence-electron chi connectivity index (χ4n) is 0.744. The van der Waals surface area contributed by atoms with Gasteiger partial charge in [-0.05, 0) is 17.7 Å². The van der Waals surface area contributed by atoms with Crippen molar-refractivity contribution in [3.63, 3.8) is 0 Å². The van der Waals surface area contributed by atoms with Crippen LogP contribution in [0.5, 0.6) is 0 Å². The van der Waals surface area contributed by atoms with Gasteiger partial charge in [0, 0.05) is 18.3 Å². The van der Waals surface area contributed by atoms with Crippen LogP contribution in [0.1, 0.15) is 12.1 Å². The highest BCUT2D eigenvalue weighted by Gasteiger charge is 2.00. The zero-order valence-corrected chi connectivity index (χ0v) is 6.95. The van der Waals surface area contributed by atoms with Gasteiger partial charge in [-0.15, -0.1) is 0 Å². The molecule has 1 aromatic rings. The van der Waals surface area contributed by atoms with E-state index in [0.717, 1.165) is 0 Å². The zero-order valence-electron chi connectivity index (χ0n) is 6.20. The maximum Gasteiger partial charge on any atom is 0.303 e. The summed E-state index contributed by atoms with van der Waals surface area (Å²) in [5.41, 5.74) is 0.650. The summed E-state index contributed by atoms with van der Waals surface area (Å²) < 4.78 is 0. The number of carboxylic acids is 1. The molecular weight excluding hydrogens is 180 g/mol. The summed E-state index contributed by atoms with van der Waals surface area (Å²) in [4.78, 5) is 17.7. The van der Waals surface area contributed by atoms with E-state index in [2.05, 4.69) is 9.97 Å². The monoisotopic (exact) mass is 186 g/mol. The molecule has 1 N–H and O–H groups in total. The Balaban J connectivity index is 2.57. The predicted octanol–water partition coefficient (Wildman–Crippen LogP) is 1.15. The van der Waals surface area contributed by atoms with Crippen molar-refractivity contribution >= 4 is 17.6 Å². The molecule has 0 spiro atoms. The van der Waals surface area contributed by atoms with Crippen molar-refractivity contribution in [2.24, 2.45) is 0 Å². The summed E-state index contributed by atoms with van der Waals surface area (Å²) in [7, 11) is 0. The average Bonchev–Trinajstić information content (AvgIpc) is 2.01. The average molecular weight is 187 g/mol. The first-order chi connectivity index (χ1) is 5.68. The molecule has 0 bridgehead atoms. The summed E-state index contributed by atoms with van der Waals surface area (Å²) in [5, 5.41) is 8.52. The van der Waals surface area contributed by atoms with Crippen molar-refractivity contribution in [1.82, 2.24) is 9.97 Å². The maximum atomic E-state index is 10.2. The van der Waals surface area contributed by atoms with Gasteiger partial charge in [0.25, 0.3) is 0 Å². The number of carboxylic acid groups (broad SMARTS) is 1. The number of hydrogen-bond acceptors (Lipinski definition) is 3. The molecule has 0 fully saturated rings. The van der Waals surface area contributed by atoms with E-state index >= 15 is 0 Å². The fourth-order valence-corrected chi connectivity index (χ4v) is 0.909. The Kier molecular flexibility index (Phi) is 2.99. The van der Waals surface area contributed by atoms with Crippen molar-refractivity contribution in [1.29, 1.82) is 0 Å². The summed E-state index contributed by atoms with van der Waals surface area (Å²) in [6.07, 6.45) is 1.96. The molecule has 1 aromatic heterocycles. The van der Waals surface area contributed by atoms with Gasteiger partial charge in [0.2, 0.25) is 5.28 Å². The summed E-state index contributed by atoms with van der Waals surface area (Å²) >= 11 is 5.49. The molecule has 0 aliphatic rings. The van der Waals surface area contributed by atoms with Gasteiger partial charge in [-0.2, -0.15) is 0 Å². The number of aliphatic carboxylic acids is 1. The standard InChI is InChI=1S/C7H7ClN2O2/c8-7-9-4-3-5(10-7)1-2-6(11)12/h3-4H,1-2H2,(H,11,12). The highest BCUT2D eigenvalue weighted by molar-refractivity contribution is 6.28. The van der Waals surface area contributed by atoms with E-state index in [0.29, 0.717) is 12.1 Å². The third kappa shape index (κ3) is 2.84. The number of hydrogen-bond donors (Lipinski definition) is 1. The smallest absolute Gasteiger partial charge is 0.303 e. The van der Waals surface area contributed by atoms with Gasteiger partial charge in [0.1, 0.15) is 0 Å². The molecule has 0 aliphatic carbocycles. The van der Waals surface area contributed by atoms with Crippen LogP contribution in [0.15, 0.2) is 12.3 Å². The van der Waals surface area contributed by atoms with Crippen LogP contribution in [0.2, 0.25) is 5.28 Å². The molecule has 0 saturated heterocycles. The predicted molar refractivity (Wildman–Crippen MR) is 43.0 cm³/mol. The fraction of sp³-hybridized carbons (Fsp3) is 0.286. The molecule has 0 atom stereocenters. The van der Waals surface area contributed by atoms with E-state index in [-0.39, 0.29) is 11.7 Å². The van der Waals surface area contributed by atoms with Crippen LogP contribution in [0.4, 0.5) is 0 Å². The van der Waals surface area contributed by atoms with E-state index in [1.165, 1.54) is 6.20 Å². The van der Waals surface area contributed by atoms with Crippen LogP contribution < -0.4 is 0 Å². The second kappa shape index (κ2) is 4.01. The topological polar surface area (TPSA) is 63.1 Å². The van der Waals surface area contributed by atoms with Crippen LogP contribution in [0, 0.1) is 0 Å². The Morgan fingerprint density at radius 1 is 1.67 bits per heavy atom. The Hall–Kier alpha value is -1.16. The SMILES string of the molecule is O=C(O)CCc1ccnc(Cl)n1. The molecule has 0 aromatic carbocycles. The second-order valence-corrected chi connectivity index (χ2v) is 2.55. The van der Waals surface area contributed by atoms with Crippen molar-refractivity contribution in [3.8, 4) is 0 Å². The number of aryl methyl sites for hydroxylation is 1. The highest BCUT2D eigenvalue weighted by Crippen LogP contribution is 2.03. The number of aromatic nitrogens is 2. The molecule has 0 aliphatic heterocycles. The molecule has 64 valence electrons. The van der Waals surface area contributed by atoms with E-state index in [1.807, 2.05) is 0 Å². The first-order valence-corrected chi connectivity index (χ1v) is 3.75. The third-order valence-corrected chi connectivity index (χ3v) is 1.46. The van der Waals surface area contributed by atoms with Crippen LogP contribution >= 0.6 is 11.6 Å². The van der Waals surface area contributed by atoms with E-state index in [1.54, 1.807) is 6.07 Å². The molecule has 0 amide bonds. The lowest BCUT2D eigenvalue weighted by Gasteiger charge is -1.96. The number of rotatable bonds is 3. The van der Waals surface area contributed by atoms with E-state index in [9.17, 15) is 4.79 Å². The molecular formula is C7H7ClN2O2. The molecule has 0 unspecified atom stereocenters. The summed E-state index contributed by atoms with van der Waals surface area (Å²) in [6.45, 7) is 0. The normalized spacial score (nSPS) is 9.75. The molecule has 5 heteroatoms. The van der Waals surface area contributed by atoms with Crippen molar-refractivity contribution in [2.75, 3.05) is 0 Å². The Morgan fingerprint density at radius 3 is 3.00 bits per heavy atom. The summed E-state index contributed by atoms with van der Waals surface area (Å²) in [5.74, 6) is -0.843. The van der Waals surface area contributed by atoms with E-state index < -0.39 is 5.97 Å². The van der Waals surface area contributed by atoms with Crippen LogP contribution in [0.3, 0.4) is 0 Å².